The van der Waals surface area contributed by atoms with Gasteiger partial charge in [-0.05, 0) is 11.6 Å². The first-order valence-corrected chi connectivity index (χ1v) is 8.90. The molecule has 2 aromatic rings. The third-order valence-electron chi connectivity index (χ3n) is 3.91. The van der Waals surface area contributed by atoms with Crippen molar-refractivity contribution in [2.24, 2.45) is 0 Å². The zero-order valence-corrected chi connectivity index (χ0v) is 14.6. The van der Waals surface area contributed by atoms with E-state index < -0.39 is 0 Å². The van der Waals surface area contributed by atoms with E-state index in [1.165, 1.54) is 0 Å². The minimum atomic E-state index is -0.0475. The topological polar surface area (TPSA) is 50.8 Å². The van der Waals surface area contributed by atoms with Crippen molar-refractivity contribution < 1.29 is 14.3 Å². The number of hydrogen-bond donors (Lipinski definition) is 1. The van der Waals surface area contributed by atoms with E-state index in [-0.39, 0.29) is 5.91 Å². The Morgan fingerprint density at radius 1 is 1.29 bits per heavy atom. The highest BCUT2D eigenvalue weighted by atomic mass is 32.1. The summed E-state index contributed by atoms with van der Waals surface area (Å²) in [6.45, 7) is 4.18. The summed E-state index contributed by atoms with van der Waals surface area (Å²) >= 11 is 1.54. The average molecular weight is 346 g/mol. The van der Waals surface area contributed by atoms with Gasteiger partial charge in [-0.3, -0.25) is 4.79 Å². The molecule has 1 amide bonds. The van der Waals surface area contributed by atoms with Crippen molar-refractivity contribution in [3.8, 4) is 11.1 Å². The maximum atomic E-state index is 12.4. The van der Waals surface area contributed by atoms with Gasteiger partial charge in [0.15, 0.2) is 0 Å². The summed E-state index contributed by atoms with van der Waals surface area (Å²) in [5.41, 5.74) is 2.24. The van der Waals surface area contributed by atoms with Gasteiger partial charge in [0.25, 0.3) is 5.91 Å². The molecule has 24 heavy (non-hydrogen) atoms. The van der Waals surface area contributed by atoms with Gasteiger partial charge in [0, 0.05) is 32.3 Å². The van der Waals surface area contributed by atoms with Gasteiger partial charge < -0.3 is 19.7 Å². The Bertz CT molecular complexity index is 666. The summed E-state index contributed by atoms with van der Waals surface area (Å²) in [5, 5.41) is 4.04. The summed E-state index contributed by atoms with van der Waals surface area (Å²) in [7, 11) is 1.63. The predicted octanol–water partition coefficient (Wildman–Crippen LogP) is 2.63. The van der Waals surface area contributed by atoms with Crippen LogP contribution in [0.5, 0.6) is 0 Å². The first-order valence-electron chi connectivity index (χ1n) is 8.08. The van der Waals surface area contributed by atoms with Crippen molar-refractivity contribution in [1.82, 2.24) is 5.32 Å². The van der Waals surface area contributed by atoms with Crippen LogP contribution in [-0.4, -0.2) is 52.5 Å². The fourth-order valence-electron chi connectivity index (χ4n) is 2.67. The van der Waals surface area contributed by atoms with Crippen molar-refractivity contribution in [2.75, 3.05) is 51.5 Å². The molecule has 5 nitrogen and oxygen atoms in total. The Kier molecular flexibility index (Phi) is 5.85. The molecule has 0 atom stereocenters. The number of nitrogens with one attached hydrogen (secondary N) is 1. The summed E-state index contributed by atoms with van der Waals surface area (Å²) in [4.78, 5) is 15.4. The van der Waals surface area contributed by atoms with Gasteiger partial charge in [0.05, 0.1) is 29.7 Å². The van der Waals surface area contributed by atoms with Crippen LogP contribution in [0.4, 0.5) is 5.00 Å². The molecule has 2 heterocycles. The molecule has 3 rings (SSSR count). The van der Waals surface area contributed by atoms with Crippen LogP contribution in [0.15, 0.2) is 36.4 Å². The van der Waals surface area contributed by atoms with Crippen LogP contribution in [0.1, 0.15) is 9.67 Å². The van der Waals surface area contributed by atoms with E-state index >= 15 is 0 Å². The number of thiophene rings is 1. The minimum Gasteiger partial charge on any atom is -0.383 e. The molecular weight excluding hydrogens is 324 g/mol. The Morgan fingerprint density at radius 2 is 2.04 bits per heavy atom. The molecule has 128 valence electrons. The molecule has 1 aliphatic rings. The molecule has 1 aromatic carbocycles. The number of carbonyl (C=O) groups excluding carboxylic acids is 1. The number of ether oxygens (including phenoxy) is 2. The molecule has 1 fully saturated rings. The van der Waals surface area contributed by atoms with Crippen LogP contribution in [-0.2, 0) is 9.47 Å². The number of benzene rings is 1. The largest absolute Gasteiger partial charge is 0.383 e. The Balaban J connectivity index is 1.88. The van der Waals surface area contributed by atoms with Crippen molar-refractivity contribution in [1.29, 1.82) is 0 Å². The van der Waals surface area contributed by atoms with E-state index in [4.69, 9.17) is 9.47 Å². The van der Waals surface area contributed by atoms with Gasteiger partial charge >= 0.3 is 0 Å². The number of morpholine rings is 1. The van der Waals surface area contributed by atoms with Crippen LogP contribution in [0.2, 0.25) is 0 Å². The minimum absolute atomic E-state index is 0.0475. The highest BCUT2D eigenvalue weighted by Gasteiger charge is 2.21. The maximum Gasteiger partial charge on any atom is 0.261 e. The SMILES string of the molecule is COCCNC(=O)c1cc(-c2ccccc2)c(N2CCOCC2)s1. The van der Waals surface area contributed by atoms with Crippen molar-refractivity contribution in [2.45, 2.75) is 0 Å². The molecule has 0 spiro atoms. The quantitative estimate of drug-likeness (QED) is 0.817. The lowest BCUT2D eigenvalue weighted by Crippen LogP contribution is -2.35. The van der Waals surface area contributed by atoms with E-state index in [1.807, 2.05) is 24.3 Å². The first kappa shape index (κ1) is 17.0. The smallest absolute Gasteiger partial charge is 0.261 e. The second-order valence-corrected chi connectivity index (χ2v) is 6.57. The fraction of sp³-hybridized carbons (Fsp3) is 0.389. The number of hydrogen-bond acceptors (Lipinski definition) is 5. The molecule has 1 aromatic heterocycles. The van der Waals surface area contributed by atoms with Crippen LogP contribution in [0, 0.1) is 0 Å². The van der Waals surface area contributed by atoms with Gasteiger partial charge in [0.1, 0.15) is 0 Å². The molecule has 0 saturated carbocycles. The lowest BCUT2D eigenvalue weighted by atomic mass is 10.1. The van der Waals surface area contributed by atoms with E-state index in [1.54, 1.807) is 18.4 Å². The summed E-state index contributed by atoms with van der Waals surface area (Å²) in [6.07, 6.45) is 0. The monoisotopic (exact) mass is 346 g/mol. The summed E-state index contributed by atoms with van der Waals surface area (Å²) < 4.78 is 10.4. The van der Waals surface area contributed by atoms with E-state index in [9.17, 15) is 4.79 Å². The number of anilines is 1. The Morgan fingerprint density at radius 3 is 2.75 bits per heavy atom. The second kappa shape index (κ2) is 8.28. The van der Waals surface area contributed by atoms with E-state index in [0.29, 0.717) is 13.2 Å². The van der Waals surface area contributed by atoms with Gasteiger partial charge in [-0.1, -0.05) is 30.3 Å². The highest BCUT2D eigenvalue weighted by molar-refractivity contribution is 7.18. The van der Waals surface area contributed by atoms with Gasteiger partial charge in [-0.15, -0.1) is 11.3 Å². The Labute approximate surface area is 146 Å². The lowest BCUT2D eigenvalue weighted by Gasteiger charge is -2.28. The second-order valence-electron chi connectivity index (χ2n) is 5.54. The number of amides is 1. The molecule has 1 aliphatic heterocycles. The van der Waals surface area contributed by atoms with Crippen molar-refractivity contribution in [3.05, 3.63) is 41.3 Å². The third kappa shape index (κ3) is 3.95. The molecule has 1 saturated heterocycles. The molecule has 0 unspecified atom stereocenters. The normalized spacial score (nSPS) is 14.6. The van der Waals surface area contributed by atoms with Gasteiger partial charge in [-0.25, -0.2) is 0 Å². The average Bonchev–Trinajstić information content (AvgIpc) is 3.09. The fourth-order valence-corrected chi connectivity index (χ4v) is 3.82. The van der Waals surface area contributed by atoms with Gasteiger partial charge in [0.2, 0.25) is 0 Å². The first-order chi connectivity index (χ1) is 11.8. The summed E-state index contributed by atoms with van der Waals surface area (Å²) in [6, 6.07) is 12.2. The van der Waals surface area contributed by atoms with Crippen molar-refractivity contribution >= 4 is 22.2 Å². The lowest BCUT2D eigenvalue weighted by molar-refractivity contribution is 0.0941. The maximum absolute atomic E-state index is 12.4. The van der Waals surface area contributed by atoms with Crippen LogP contribution >= 0.6 is 11.3 Å². The molecular formula is C18H22N2O3S. The highest BCUT2D eigenvalue weighted by Crippen LogP contribution is 2.39. The van der Waals surface area contributed by atoms with Crippen LogP contribution < -0.4 is 10.2 Å². The Hall–Kier alpha value is -1.89. The number of methoxy groups -OCH3 is 1. The molecule has 0 bridgehead atoms. The molecule has 6 heteroatoms. The number of rotatable bonds is 6. The van der Waals surface area contributed by atoms with Crippen molar-refractivity contribution in [3.63, 3.8) is 0 Å². The predicted molar refractivity (Wildman–Crippen MR) is 97.0 cm³/mol. The van der Waals surface area contributed by atoms with E-state index in [0.717, 1.165) is 47.3 Å². The molecule has 0 aliphatic carbocycles. The standard InChI is InChI=1S/C18H22N2O3S/c1-22-10-7-19-17(21)16-13-15(14-5-3-2-4-6-14)18(24-16)20-8-11-23-12-9-20/h2-6,13H,7-12H2,1H3,(H,19,21). The van der Waals surface area contributed by atoms with Crippen LogP contribution in [0.25, 0.3) is 11.1 Å². The third-order valence-corrected chi connectivity index (χ3v) is 5.11. The zero-order valence-electron chi connectivity index (χ0n) is 13.8. The molecule has 0 radical (unpaired) electrons. The number of nitrogens with zero attached hydrogens (tertiary/aromatic N) is 1. The van der Waals surface area contributed by atoms with Crippen LogP contribution in [0.3, 0.4) is 0 Å². The number of carbonyl (C=O) groups is 1. The molecule has 1 N–H and O–H groups in total. The summed E-state index contributed by atoms with van der Waals surface area (Å²) in [5.74, 6) is -0.0475. The van der Waals surface area contributed by atoms with E-state index in [2.05, 4.69) is 22.3 Å². The van der Waals surface area contributed by atoms with Gasteiger partial charge in [-0.2, -0.15) is 0 Å². The zero-order chi connectivity index (χ0) is 16.8.